The third-order valence-corrected chi connectivity index (χ3v) is 7.12. The Morgan fingerprint density at radius 1 is 0.750 bits per heavy atom. The first kappa shape index (κ1) is 20.7. The van der Waals surface area contributed by atoms with Gasteiger partial charge in [-0.3, -0.25) is 0 Å². The third kappa shape index (κ3) is 5.99. The van der Waals surface area contributed by atoms with E-state index < -0.39 is 19.7 Å². The molecule has 0 fully saturated rings. The number of thiocarbonyl (C=S) groups is 2. The molecule has 0 aliphatic carbocycles. The lowest BCUT2D eigenvalue weighted by molar-refractivity contribution is 0.601. The summed E-state index contributed by atoms with van der Waals surface area (Å²) in [7, 11) is -6.28. The van der Waals surface area contributed by atoms with Gasteiger partial charge in [-0.2, -0.15) is 0 Å². The summed E-state index contributed by atoms with van der Waals surface area (Å²) >= 11 is 10.4. The van der Waals surface area contributed by atoms with Crippen LogP contribution in [0.1, 0.15) is 0 Å². The molecule has 1 aromatic carbocycles. The molecule has 0 amide bonds. The van der Waals surface area contributed by atoms with E-state index in [2.05, 4.69) is 21.3 Å². The summed E-state index contributed by atoms with van der Waals surface area (Å²) in [5, 5.41) is 14.8. The number of anilines is 2. The van der Waals surface area contributed by atoms with E-state index in [4.69, 9.17) is 24.4 Å². The molecule has 3 rings (SSSR count). The zero-order chi connectivity index (χ0) is 20.4. The lowest BCUT2D eigenvalue weighted by Gasteiger charge is -2.16. The molecule has 8 nitrogen and oxygen atoms in total. The molecule has 150 valence electrons. The molecule has 28 heavy (non-hydrogen) atoms. The third-order valence-electron chi connectivity index (χ3n) is 3.89. The van der Waals surface area contributed by atoms with E-state index in [0.717, 1.165) is 11.4 Å². The fraction of sp³-hybridized carbons (Fsp3) is 0.250. The van der Waals surface area contributed by atoms with Crippen molar-refractivity contribution in [2.75, 3.05) is 22.1 Å². The highest BCUT2D eigenvalue weighted by Crippen LogP contribution is 2.15. The Balaban J connectivity index is 1.47. The normalized spacial score (nSPS) is 23.9. The van der Waals surface area contributed by atoms with Gasteiger partial charge in [0.1, 0.15) is 0 Å². The van der Waals surface area contributed by atoms with Crippen molar-refractivity contribution in [2.45, 2.75) is 12.1 Å². The van der Waals surface area contributed by atoms with Gasteiger partial charge in [-0.25, -0.2) is 16.8 Å². The molecule has 12 heteroatoms. The van der Waals surface area contributed by atoms with Crippen LogP contribution in [0.3, 0.4) is 0 Å². The van der Waals surface area contributed by atoms with Crippen LogP contribution in [0, 0.1) is 0 Å². The van der Waals surface area contributed by atoms with Gasteiger partial charge in [0.25, 0.3) is 0 Å². The molecule has 2 heterocycles. The van der Waals surface area contributed by atoms with Gasteiger partial charge in [0.15, 0.2) is 29.9 Å². The number of sulfone groups is 2. The Hall–Kier alpha value is -2.02. The van der Waals surface area contributed by atoms with Gasteiger partial charge in [0, 0.05) is 22.2 Å². The fourth-order valence-electron chi connectivity index (χ4n) is 2.64. The summed E-state index contributed by atoms with van der Waals surface area (Å²) in [6, 6.07) is 6.42. The molecular weight excluding hydrogens is 440 g/mol. The second kappa shape index (κ2) is 8.15. The van der Waals surface area contributed by atoms with Gasteiger partial charge in [-0.1, -0.05) is 0 Å². The molecule has 2 aliphatic rings. The van der Waals surface area contributed by atoms with Crippen LogP contribution in [0.2, 0.25) is 0 Å². The molecule has 0 aromatic heterocycles. The first-order chi connectivity index (χ1) is 13.1. The van der Waals surface area contributed by atoms with Crippen LogP contribution >= 0.6 is 24.4 Å². The molecule has 2 atom stereocenters. The van der Waals surface area contributed by atoms with Crippen molar-refractivity contribution in [1.82, 2.24) is 10.6 Å². The van der Waals surface area contributed by atoms with E-state index in [1.54, 1.807) is 36.4 Å². The van der Waals surface area contributed by atoms with Gasteiger partial charge in [0.05, 0.1) is 23.6 Å². The zero-order valence-electron chi connectivity index (χ0n) is 14.5. The largest absolute Gasteiger partial charge is 0.355 e. The molecule has 0 saturated carbocycles. The van der Waals surface area contributed by atoms with Gasteiger partial charge in [-0.05, 0) is 60.9 Å². The Labute approximate surface area is 174 Å². The predicted octanol–water partition coefficient (Wildman–Crippen LogP) is 0.881. The summed E-state index contributed by atoms with van der Waals surface area (Å²) < 4.78 is 45.6. The highest BCUT2D eigenvalue weighted by Gasteiger charge is 2.23. The standard InChI is InChI=1S/C16H18N4O4S4/c21-27(22)7-5-13(9-27)19-15(25)17-11-1-2-12(4-3-11)18-16(26)20-14-6-8-28(23,24)10-14/h1-8,13-14H,9-10H2,(H2,17,19,25)(H2,18,20,26). The molecule has 0 radical (unpaired) electrons. The topological polar surface area (TPSA) is 116 Å². The summed E-state index contributed by atoms with van der Waals surface area (Å²) in [4.78, 5) is 0. The van der Waals surface area contributed by atoms with Gasteiger partial charge in [0.2, 0.25) is 0 Å². The quantitative estimate of drug-likeness (QED) is 0.485. The molecule has 0 bridgehead atoms. The smallest absolute Gasteiger partial charge is 0.173 e. The van der Waals surface area contributed by atoms with Crippen molar-refractivity contribution in [3.8, 4) is 0 Å². The summed E-state index contributed by atoms with van der Waals surface area (Å²) in [6.45, 7) is 0. The lowest BCUT2D eigenvalue weighted by atomic mass is 10.3. The number of hydrogen-bond acceptors (Lipinski definition) is 6. The molecular formula is C16H18N4O4S4. The molecule has 1 aromatic rings. The van der Waals surface area contributed by atoms with Gasteiger partial charge in [-0.15, -0.1) is 0 Å². The summed E-state index contributed by atoms with van der Waals surface area (Å²) in [5.41, 5.74) is 1.44. The minimum absolute atomic E-state index is 0.0143. The molecule has 0 saturated heterocycles. The van der Waals surface area contributed by atoms with E-state index in [1.165, 1.54) is 10.8 Å². The van der Waals surface area contributed by atoms with Crippen molar-refractivity contribution in [3.63, 3.8) is 0 Å². The van der Waals surface area contributed by atoms with Crippen LogP contribution in [0.4, 0.5) is 11.4 Å². The van der Waals surface area contributed by atoms with E-state index in [-0.39, 0.29) is 23.6 Å². The predicted molar refractivity (Wildman–Crippen MR) is 119 cm³/mol. The van der Waals surface area contributed by atoms with Crippen molar-refractivity contribution < 1.29 is 16.8 Å². The minimum atomic E-state index is -3.14. The SMILES string of the molecule is O=S1(=O)C=CC(NC(=S)Nc2ccc(NC(=S)NC3C=CS(=O)(=O)C3)cc2)C1. The average Bonchev–Trinajstić information content (AvgIpc) is 3.10. The first-order valence-electron chi connectivity index (χ1n) is 8.17. The summed E-state index contributed by atoms with van der Waals surface area (Å²) in [5.74, 6) is -0.0286. The minimum Gasteiger partial charge on any atom is -0.355 e. The van der Waals surface area contributed by atoms with Crippen molar-refractivity contribution in [1.29, 1.82) is 0 Å². The highest BCUT2D eigenvalue weighted by molar-refractivity contribution is 7.94. The zero-order valence-corrected chi connectivity index (χ0v) is 17.7. The Kier molecular flexibility index (Phi) is 6.03. The lowest BCUT2D eigenvalue weighted by Crippen LogP contribution is -2.38. The molecule has 2 aliphatic heterocycles. The van der Waals surface area contributed by atoms with Crippen LogP contribution in [-0.2, 0) is 19.7 Å². The summed E-state index contributed by atoms with van der Waals surface area (Å²) in [6.07, 6.45) is 3.13. The first-order valence-corrected chi connectivity index (χ1v) is 12.4. The number of nitrogens with one attached hydrogen (secondary N) is 4. The maximum Gasteiger partial charge on any atom is 0.173 e. The maximum absolute atomic E-state index is 11.4. The Morgan fingerprint density at radius 2 is 1.11 bits per heavy atom. The maximum atomic E-state index is 11.4. The van der Waals surface area contributed by atoms with E-state index in [1.807, 2.05) is 0 Å². The fourth-order valence-corrected chi connectivity index (χ4v) is 5.65. The van der Waals surface area contributed by atoms with E-state index >= 15 is 0 Å². The Bertz CT molecular complexity index is 962. The molecule has 4 N–H and O–H groups in total. The van der Waals surface area contributed by atoms with Crippen molar-refractivity contribution >= 4 is 65.7 Å². The second-order valence-electron chi connectivity index (χ2n) is 6.30. The van der Waals surface area contributed by atoms with Crippen LogP contribution in [0.15, 0.2) is 47.2 Å². The monoisotopic (exact) mass is 458 g/mol. The van der Waals surface area contributed by atoms with Gasteiger partial charge >= 0.3 is 0 Å². The van der Waals surface area contributed by atoms with Crippen LogP contribution in [-0.4, -0.2) is 50.6 Å². The van der Waals surface area contributed by atoms with Gasteiger partial charge < -0.3 is 21.3 Å². The van der Waals surface area contributed by atoms with E-state index in [9.17, 15) is 16.8 Å². The molecule has 0 spiro atoms. The Morgan fingerprint density at radius 3 is 1.39 bits per heavy atom. The van der Waals surface area contributed by atoms with Crippen LogP contribution in [0.25, 0.3) is 0 Å². The molecule has 2 unspecified atom stereocenters. The van der Waals surface area contributed by atoms with E-state index in [0.29, 0.717) is 10.2 Å². The number of benzene rings is 1. The second-order valence-corrected chi connectivity index (χ2v) is 11.0. The van der Waals surface area contributed by atoms with Crippen LogP contribution < -0.4 is 21.3 Å². The van der Waals surface area contributed by atoms with Crippen molar-refractivity contribution in [3.05, 3.63) is 47.2 Å². The van der Waals surface area contributed by atoms with Crippen molar-refractivity contribution in [2.24, 2.45) is 0 Å². The number of rotatable bonds is 4. The average molecular weight is 459 g/mol. The highest BCUT2D eigenvalue weighted by atomic mass is 32.2. The number of hydrogen-bond donors (Lipinski definition) is 4. The van der Waals surface area contributed by atoms with Crippen LogP contribution in [0.5, 0.6) is 0 Å².